The van der Waals surface area contributed by atoms with E-state index in [1.165, 1.54) is 24.3 Å². The van der Waals surface area contributed by atoms with Gasteiger partial charge in [-0.25, -0.2) is 0 Å². The standard InChI is InChI=1S/C23H19BF2N3O2S/c1-31-13-12-27-32(24,30)19-10-11-20-21(14-19)29-23(16-4-8-18(26)9-5-16)22(28-20)15-2-6-17(25)7-3-15/h2-11,14H,12-13H2,1H3,(H,27,30). The Balaban J connectivity index is 1.87. The summed E-state index contributed by atoms with van der Waals surface area (Å²) in [7, 11) is -1.47. The van der Waals surface area contributed by atoms with Crippen LogP contribution in [0.25, 0.3) is 33.5 Å². The van der Waals surface area contributed by atoms with Crippen LogP contribution in [0.15, 0.2) is 71.6 Å². The second-order valence-electron chi connectivity index (χ2n) is 7.07. The third-order valence-electron chi connectivity index (χ3n) is 4.84. The van der Waals surface area contributed by atoms with Crippen molar-refractivity contribution in [1.82, 2.24) is 14.7 Å². The van der Waals surface area contributed by atoms with Crippen LogP contribution in [-0.4, -0.2) is 41.2 Å². The van der Waals surface area contributed by atoms with Gasteiger partial charge in [0, 0.05) is 0 Å². The van der Waals surface area contributed by atoms with Crippen LogP contribution in [0.5, 0.6) is 0 Å². The number of benzene rings is 3. The van der Waals surface area contributed by atoms with Gasteiger partial charge in [0.1, 0.15) is 0 Å². The van der Waals surface area contributed by atoms with Crippen LogP contribution in [0.3, 0.4) is 0 Å². The molecule has 0 bridgehead atoms. The number of fused-ring (bicyclic) bond motifs is 1. The van der Waals surface area contributed by atoms with Gasteiger partial charge in [0.2, 0.25) is 0 Å². The number of rotatable bonds is 7. The van der Waals surface area contributed by atoms with E-state index in [0.717, 1.165) is 0 Å². The Morgan fingerprint density at radius 2 is 1.41 bits per heavy atom. The first-order chi connectivity index (χ1) is 15.4. The third-order valence-corrected chi connectivity index (χ3v) is 6.43. The summed E-state index contributed by atoms with van der Waals surface area (Å²) in [4.78, 5) is 9.82. The van der Waals surface area contributed by atoms with E-state index in [-0.39, 0.29) is 11.6 Å². The van der Waals surface area contributed by atoms with Crippen LogP contribution in [0.4, 0.5) is 8.78 Å². The van der Waals surface area contributed by atoms with E-state index < -0.39 is 9.55 Å². The van der Waals surface area contributed by atoms with Crippen LogP contribution >= 0.6 is 0 Å². The number of nitrogens with one attached hydrogen (secondary N) is 1. The van der Waals surface area contributed by atoms with Crippen LogP contribution in [-0.2, 0) is 14.3 Å². The zero-order valence-corrected chi connectivity index (χ0v) is 18.0. The summed E-state index contributed by atoms with van der Waals surface area (Å²) in [5.41, 5.74) is 3.32. The van der Waals surface area contributed by atoms with Crippen LogP contribution in [0.1, 0.15) is 0 Å². The first kappa shape index (κ1) is 22.2. The molecular weight excluding hydrogens is 431 g/mol. The molecule has 32 heavy (non-hydrogen) atoms. The molecule has 5 nitrogen and oxygen atoms in total. The fourth-order valence-electron chi connectivity index (χ4n) is 3.22. The van der Waals surface area contributed by atoms with E-state index in [4.69, 9.17) is 21.4 Å². The monoisotopic (exact) mass is 450 g/mol. The summed E-state index contributed by atoms with van der Waals surface area (Å²) < 4.78 is 47.6. The Labute approximate surface area is 185 Å². The van der Waals surface area contributed by atoms with Crippen molar-refractivity contribution >= 4 is 27.3 Å². The average Bonchev–Trinajstić information content (AvgIpc) is 2.79. The van der Waals surface area contributed by atoms with Gasteiger partial charge in [0.15, 0.2) is 0 Å². The molecule has 0 spiro atoms. The van der Waals surface area contributed by atoms with Crippen LogP contribution < -0.4 is 4.72 Å². The summed E-state index contributed by atoms with van der Waals surface area (Å²) in [6.45, 7) is 6.68. The fraction of sp³-hybridized carbons (Fsp3) is 0.130. The Kier molecular flexibility index (Phi) is 6.41. The minimum atomic E-state index is -3.01. The molecule has 4 rings (SSSR count). The molecule has 4 aromatic rings. The average molecular weight is 450 g/mol. The van der Waals surface area contributed by atoms with Gasteiger partial charge in [0.25, 0.3) is 0 Å². The normalized spacial score (nSPS) is 13.2. The Morgan fingerprint density at radius 1 is 0.875 bits per heavy atom. The summed E-state index contributed by atoms with van der Waals surface area (Å²) in [6.07, 6.45) is 0. The number of ether oxygens (including phenoxy) is 1. The van der Waals surface area contributed by atoms with Crippen molar-refractivity contribution < 1.29 is 17.7 Å². The molecule has 1 N–H and O–H groups in total. The van der Waals surface area contributed by atoms with Gasteiger partial charge < -0.3 is 0 Å². The molecule has 0 amide bonds. The maximum absolute atomic E-state index is 13.5. The molecular formula is C23H19BF2N3O2S. The molecule has 1 aromatic heterocycles. The zero-order valence-electron chi connectivity index (χ0n) is 17.2. The SMILES string of the molecule is [B]=S(=O)(NCCOC)c1ccc2nc(-c3ccc(F)cc3)c(-c3ccc(F)cc3)nc2c1. The minimum absolute atomic E-state index is 0.319. The quantitative estimate of drug-likeness (QED) is 0.340. The predicted octanol–water partition coefficient (Wildman–Crippen LogP) is 4.12. The summed E-state index contributed by atoms with van der Waals surface area (Å²) in [5.74, 6) is -0.743. The number of aromatic nitrogens is 2. The first-order valence-electron chi connectivity index (χ1n) is 9.76. The van der Waals surface area contributed by atoms with Gasteiger partial charge in [-0.1, -0.05) is 0 Å². The Morgan fingerprint density at radius 3 is 1.94 bits per heavy atom. The molecule has 0 saturated carbocycles. The molecule has 0 fully saturated rings. The van der Waals surface area contributed by atoms with Crippen molar-refractivity contribution in [3.05, 3.63) is 78.4 Å². The molecule has 0 aliphatic carbocycles. The number of halogens is 2. The summed E-state index contributed by atoms with van der Waals surface area (Å²) >= 11 is 0. The fourth-order valence-corrected chi connectivity index (χ4v) is 4.33. The topological polar surface area (TPSA) is 64.1 Å². The number of hydrogen-bond donors (Lipinski definition) is 1. The molecule has 1 unspecified atom stereocenters. The Hall–Kier alpha value is -3.01. The zero-order chi connectivity index (χ0) is 22.7. The third kappa shape index (κ3) is 4.75. The van der Waals surface area contributed by atoms with Gasteiger partial charge >= 0.3 is 186 Å². The second kappa shape index (κ2) is 9.24. The van der Waals surface area contributed by atoms with E-state index in [9.17, 15) is 13.0 Å². The van der Waals surface area contributed by atoms with Gasteiger partial charge in [0.05, 0.1) is 0 Å². The predicted molar refractivity (Wildman–Crippen MR) is 122 cm³/mol. The van der Waals surface area contributed by atoms with Crippen molar-refractivity contribution in [2.45, 2.75) is 4.90 Å². The molecule has 0 aliphatic rings. The van der Waals surface area contributed by atoms with Gasteiger partial charge in [-0.3, -0.25) is 0 Å². The molecule has 9 heteroatoms. The van der Waals surface area contributed by atoms with E-state index >= 15 is 0 Å². The molecule has 1 heterocycles. The van der Waals surface area contributed by atoms with Crippen molar-refractivity contribution in [1.29, 1.82) is 0 Å². The van der Waals surface area contributed by atoms with Crippen molar-refractivity contribution in [2.75, 3.05) is 20.3 Å². The van der Waals surface area contributed by atoms with Crippen LogP contribution in [0, 0.1) is 11.6 Å². The summed E-state index contributed by atoms with van der Waals surface area (Å²) in [6, 6.07) is 16.7. The van der Waals surface area contributed by atoms with Crippen molar-refractivity contribution in [2.24, 2.45) is 0 Å². The van der Waals surface area contributed by atoms with Gasteiger partial charge in [-0.05, 0) is 0 Å². The molecule has 1 atom stereocenters. The second-order valence-corrected chi connectivity index (χ2v) is 9.03. The van der Waals surface area contributed by atoms with Crippen LogP contribution in [0.2, 0.25) is 0 Å². The molecule has 0 saturated heterocycles. The van der Waals surface area contributed by atoms with Gasteiger partial charge in [-0.15, -0.1) is 0 Å². The first-order valence-corrected chi connectivity index (χ1v) is 11.4. The maximum atomic E-state index is 13.5. The summed E-state index contributed by atoms with van der Waals surface area (Å²) in [5, 5.41) is 0. The molecule has 161 valence electrons. The van der Waals surface area contributed by atoms with Crippen molar-refractivity contribution in [3.8, 4) is 22.5 Å². The molecule has 3 aromatic carbocycles. The van der Waals surface area contributed by atoms with E-state index in [2.05, 4.69) is 4.72 Å². The van der Waals surface area contributed by atoms with E-state index in [1.54, 1.807) is 49.6 Å². The number of nitrogens with zero attached hydrogens (tertiary/aromatic N) is 2. The number of methoxy groups -OCH3 is 1. The molecule has 1 radical (unpaired) electrons. The van der Waals surface area contributed by atoms with Gasteiger partial charge in [-0.2, -0.15) is 0 Å². The Bertz CT molecular complexity index is 1360. The van der Waals surface area contributed by atoms with E-state index in [1.807, 2.05) is 0 Å². The number of hydrogen-bond acceptors (Lipinski definition) is 4. The van der Waals surface area contributed by atoms with Crippen molar-refractivity contribution in [3.63, 3.8) is 0 Å². The van der Waals surface area contributed by atoms with E-state index in [0.29, 0.717) is 51.6 Å². The molecule has 0 aliphatic heterocycles.